The second-order valence-corrected chi connectivity index (χ2v) is 2.15. The zero-order chi connectivity index (χ0) is 10.7. The molecule has 0 bridgehead atoms. The van der Waals surface area contributed by atoms with Crippen LogP contribution >= 0.6 is 0 Å². The van der Waals surface area contributed by atoms with E-state index in [1.54, 1.807) is 0 Å². The van der Waals surface area contributed by atoms with E-state index in [-0.39, 0.29) is 0 Å². The molecule has 72 valence electrons. The van der Waals surface area contributed by atoms with Crippen molar-refractivity contribution < 1.29 is 0 Å². The molecule has 0 unspecified atom stereocenters. The number of hydrogen-bond donors (Lipinski definition) is 0. The van der Waals surface area contributed by atoms with Gasteiger partial charge in [-0.15, -0.1) is 13.2 Å². The van der Waals surface area contributed by atoms with Crippen LogP contribution in [0.2, 0.25) is 0 Å². The molecule has 1 aromatic carbocycles. The van der Waals surface area contributed by atoms with Crippen LogP contribution in [0.15, 0.2) is 50.1 Å². The van der Waals surface area contributed by atoms with Crippen LogP contribution in [-0.2, 0) is 0 Å². The summed E-state index contributed by atoms with van der Waals surface area (Å²) in [6.45, 7) is 15.8. The smallest absolute Gasteiger partial charge is 0.0233 e. The molecule has 0 aliphatic carbocycles. The number of hydrogen-bond acceptors (Lipinski definition) is 0. The van der Waals surface area contributed by atoms with Gasteiger partial charge in [0.25, 0.3) is 0 Å². The van der Waals surface area contributed by atoms with Crippen LogP contribution in [-0.4, -0.2) is 0 Å². The third kappa shape index (κ3) is 7.07. The Morgan fingerprint density at radius 2 is 1.38 bits per heavy atom. The lowest BCUT2D eigenvalue weighted by Crippen LogP contribution is -1.72. The van der Waals surface area contributed by atoms with Gasteiger partial charge in [0.05, 0.1) is 0 Å². The Labute approximate surface area is 82.6 Å². The van der Waals surface area contributed by atoms with Crippen molar-refractivity contribution in [2.75, 3.05) is 0 Å². The second-order valence-electron chi connectivity index (χ2n) is 2.15. The molecule has 0 nitrogen and oxygen atoms in total. The van der Waals surface area contributed by atoms with Crippen molar-refractivity contribution in [3.05, 3.63) is 55.6 Å². The first-order valence-corrected chi connectivity index (χ1v) is 4.51. The molecule has 0 N–H and O–H groups in total. The molecule has 0 radical (unpaired) electrons. The Balaban J connectivity index is 0. The van der Waals surface area contributed by atoms with E-state index < -0.39 is 0 Å². The zero-order valence-electron chi connectivity index (χ0n) is 9.01. The average Bonchev–Trinajstić information content (AvgIpc) is 2.25. The van der Waals surface area contributed by atoms with Gasteiger partial charge in [-0.25, -0.2) is 0 Å². The lowest BCUT2D eigenvalue weighted by atomic mass is 10.1. The van der Waals surface area contributed by atoms with Gasteiger partial charge in [0.1, 0.15) is 0 Å². The van der Waals surface area contributed by atoms with E-state index in [1.807, 2.05) is 39.0 Å². The van der Waals surface area contributed by atoms with Gasteiger partial charge in [-0.2, -0.15) is 0 Å². The third-order valence-electron chi connectivity index (χ3n) is 1.27. The summed E-state index contributed by atoms with van der Waals surface area (Å²) < 4.78 is 0. The van der Waals surface area contributed by atoms with Gasteiger partial charge < -0.3 is 0 Å². The first-order chi connectivity index (χ1) is 6.30. The van der Waals surface area contributed by atoms with Crippen LogP contribution in [0.5, 0.6) is 0 Å². The largest absolute Gasteiger partial charge is 0.106 e. The van der Waals surface area contributed by atoms with Gasteiger partial charge >= 0.3 is 0 Å². The van der Waals surface area contributed by atoms with Crippen molar-refractivity contribution in [3.63, 3.8) is 0 Å². The van der Waals surface area contributed by atoms with E-state index >= 15 is 0 Å². The lowest BCUT2D eigenvalue weighted by Gasteiger charge is -1.94. The summed E-state index contributed by atoms with van der Waals surface area (Å²) in [4.78, 5) is 0. The number of allylic oxidation sites excluding steroid dienone is 1. The van der Waals surface area contributed by atoms with Crippen LogP contribution < -0.4 is 0 Å². The maximum Gasteiger partial charge on any atom is -0.0233 e. The highest BCUT2D eigenvalue weighted by molar-refractivity contribution is 5.60. The van der Waals surface area contributed by atoms with Crippen molar-refractivity contribution >= 4 is 5.57 Å². The van der Waals surface area contributed by atoms with Gasteiger partial charge in [0.2, 0.25) is 0 Å². The Morgan fingerprint density at radius 3 is 1.62 bits per heavy atom. The SMILES string of the molecule is C=C.C=C(C)c1ccccc1.CC. The van der Waals surface area contributed by atoms with Crippen LogP contribution in [0.3, 0.4) is 0 Å². The quantitative estimate of drug-likeness (QED) is 0.551. The zero-order valence-corrected chi connectivity index (χ0v) is 9.01. The minimum Gasteiger partial charge on any atom is -0.106 e. The molecule has 0 spiro atoms. The van der Waals surface area contributed by atoms with Crippen LogP contribution in [0.25, 0.3) is 5.57 Å². The van der Waals surface area contributed by atoms with Crippen molar-refractivity contribution in [1.29, 1.82) is 0 Å². The van der Waals surface area contributed by atoms with E-state index in [0.717, 1.165) is 5.57 Å². The summed E-state index contributed by atoms with van der Waals surface area (Å²) in [5, 5.41) is 0. The monoisotopic (exact) mass is 176 g/mol. The molecule has 0 atom stereocenters. The summed E-state index contributed by atoms with van der Waals surface area (Å²) in [7, 11) is 0. The Hall–Kier alpha value is -1.30. The van der Waals surface area contributed by atoms with Crippen LogP contribution in [0.1, 0.15) is 26.3 Å². The van der Waals surface area contributed by atoms with Crippen molar-refractivity contribution in [1.82, 2.24) is 0 Å². The molecular weight excluding hydrogens is 156 g/mol. The lowest BCUT2D eigenvalue weighted by molar-refractivity contribution is 1.50. The predicted octanol–water partition coefficient (Wildman–Crippen LogP) is 4.55. The molecule has 1 rings (SSSR count). The molecule has 0 aliphatic heterocycles. The molecule has 0 heteroatoms. The van der Waals surface area contributed by atoms with Crippen LogP contribution in [0, 0.1) is 0 Å². The van der Waals surface area contributed by atoms with Gasteiger partial charge in [-0.05, 0) is 12.5 Å². The first kappa shape index (κ1) is 14.2. The molecule has 0 heterocycles. The fraction of sp³-hybridized carbons (Fsp3) is 0.231. The standard InChI is InChI=1S/C9H10.C2H6.C2H4/c1-8(2)9-6-4-3-5-7-9;2*1-2/h3-7H,1H2,2H3;1-2H3;1-2H2. The predicted molar refractivity (Wildman–Crippen MR) is 63.8 cm³/mol. The molecule has 13 heavy (non-hydrogen) atoms. The topological polar surface area (TPSA) is 0 Å². The van der Waals surface area contributed by atoms with Crippen molar-refractivity contribution in [2.24, 2.45) is 0 Å². The van der Waals surface area contributed by atoms with E-state index in [9.17, 15) is 0 Å². The minimum atomic E-state index is 1.12. The number of benzene rings is 1. The summed E-state index contributed by atoms with van der Waals surface area (Å²) in [6.07, 6.45) is 0. The van der Waals surface area contributed by atoms with E-state index in [2.05, 4.69) is 31.9 Å². The van der Waals surface area contributed by atoms with E-state index in [0.29, 0.717) is 0 Å². The van der Waals surface area contributed by atoms with E-state index in [4.69, 9.17) is 0 Å². The third-order valence-corrected chi connectivity index (χ3v) is 1.27. The Bertz CT molecular complexity index is 209. The molecule has 0 aliphatic rings. The van der Waals surface area contributed by atoms with Gasteiger partial charge in [-0.3, -0.25) is 0 Å². The van der Waals surface area contributed by atoms with Crippen LogP contribution in [0.4, 0.5) is 0 Å². The molecule has 0 saturated heterocycles. The van der Waals surface area contributed by atoms with Crippen molar-refractivity contribution in [2.45, 2.75) is 20.8 Å². The molecular formula is C13H20. The second kappa shape index (κ2) is 10.7. The van der Waals surface area contributed by atoms with Gasteiger partial charge in [0.15, 0.2) is 0 Å². The number of rotatable bonds is 1. The molecule has 0 aromatic heterocycles. The maximum atomic E-state index is 3.83. The average molecular weight is 176 g/mol. The maximum absolute atomic E-state index is 3.83. The van der Waals surface area contributed by atoms with Crippen molar-refractivity contribution in [3.8, 4) is 0 Å². The first-order valence-electron chi connectivity index (χ1n) is 4.51. The molecule has 0 saturated carbocycles. The highest BCUT2D eigenvalue weighted by Crippen LogP contribution is 2.08. The van der Waals surface area contributed by atoms with E-state index in [1.165, 1.54) is 5.56 Å². The van der Waals surface area contributed by atoms with Gasteiger partial charge in [0, 0.05) is 0 Å². The van der Waals surface area contributed by atoms with Gasteiger partial charge in [-0.1, -0.05) is 56.3 Å². The summed E-state index contributed by atoms with van der Waals surface area (Å²) in [6, 6.07) is 10.2. The molecule has 0 fully saturated rings. The summed E-state index contributed by atoms with van der Waals surface area (Å²) in [5.41, 5.74) is 2.34. The Morgan fingerprint density at radius 1 is 1.00 bits per heavy atom. The highest BCUT2D eigenvalue weighted by atomic mass is 13.9. The molecule has 1 aromatic rings. The normalized spacial score (nSPS) is 7.00. The summed E-state index contributed by atoms with van der Waals surface area (Å²) >= 11 is 0. The minimum absolute atomic E-state index is 1.12. The molecule has 0 amide bonds. The summed E-state index contributed by atoms with van der Waals surface area (Å²) in [5.74, 6) is 0. The highest BCUT2D eigenvalue weighted by Gasteiger charge is 1.86. The Kier molecular flexibility index (Phi) is 11.7. The fourth-order valence-corrected chi connectivity index (χ4v) is 0.723. The fourth-order valence-electron chi connectivity index (χ4n) is 0.723.